The predicted molar refractivity (Wildman–Crippen MR) is 101 cm³/mol. The molecule has 1 aromatic rings. The molecule has 3 aliphatic heterocycles. The van der Waals surface area contributed by atoms with Crippen molar-refractivity contribution < 1.29 is 22.7 Å². The lowest BCUT2D eigenvalue weighted by Gasteiger charge is -2.37. The van der Waals surface area contributed by atoms with Crippen LogP contribution in [0.2, 0.25) is 0 Å². The second kappa shape index (κ2) is 7.07. The van der Waals surface area contributed by atoms with Crippen LogP contribution < -0.4 is 4.31 Å². The molecule has 0 aliphatic carbocycles. The van der Waals surface area contributed by atoms with Crippen LogP contribution >= 0.6 is 0 Å². The lowest BCUT2D eigenvalue weighted by atomic mass is 10.0. The Morgan fingerprint density at radius 2 is 1.78 bits per heavy atom. The van der Waals surface area contributed by atoms with Gasteiger partial charge in [0.05, 0.1) is 24.7 Å². The van der Waals surface area contributed by atoms with Crippen molar-refractivity contribution in [3.63, 3.8) is 0 Å². The molecule has 0 aromatic heterocycles. The van der Waals surface area contributed by atoms with Gasteiger partial charge in [-0.15, -0.1) is 0 Å². The molecule has 0 saturated carbocycles. The Labute approximate surface area is 160 Å². The molecule has 0 radical (unpaired) electrons. The Morgan fingerprint density at radius 3 is 2.44 bits per heavy atom. The van der Waals surface area contributed by atoms with Crippen LogP contribution in [0, 0.1) is 6.92 Å². The summed E-state index contributed by atoms with van der Waals surface area (Å²) in [5, 5.41) is 0. The van der Waals surface area contributed by atoms with Crippen LogP contribution in [0.15, 0.2) is 18.2 Å². The van der Waals surface area contributed by atoms with Gasteiger partial charge in [0, 0.05) is 38.0 Å². The maximum Gasteiger partial charge on any atom is 0.253 e. The number of benzene rings is 1. The van der Waals surface area contributed by atoms with E-state index in [-0.39, 0.29) is 11.7 Å². The molecular weight excluding hydrogens is 368 g/mol. The van der Waals surface area contributed by atoms with Crippen LogP contribution in [0.5, 0.6) is 0 Å². The van der Waals surface area contributed by atoms with Gasteiger partial charge in [-0.05, 0) is 37.5 Å². The minimum absolute atomic E-state index is 0.0708. The third kappa shape index (κ3) is 3.58. The third-order valence-corrected chi connectivity index (χ3v) is 7.56. The fourth-order valence-corrected chi connectivity index (χ4v) is 5.78. The molecule has 0 unspecified atom stereocenters. The van der Waals surface area contributed by atoms with Gasteiger partial charge in [0.25, 0.3) is 5.91 Å². The summed E-state index contributed by atoms with van der Waals surface area (Å²) in [7, 11) is -3.31. The van der Waals surface area contributed by atoms with E-state index in [1.54, 1.807) is 17.0 Å². The first-order valence-electron chi connectivity index (χ1n) is 9.59. The summed E-state index contributed by atoms with van der Waals surface area (Å²) in [5.41, 5.74) is 2.01. The van der Waals surface area contributed by atoms with Crippen molar-refractivity contribution >= 4 is 21.6 Å². The van der Waals surface area contributed by atoms with E-state index >= 15 is 0 Å². The number of rotatable bonds is 2. The summed E-state index contributed by atoms with van der Waals surface area (Å²) in [6.45, 7) is 4.72. The van der Waals surface area contributed by atoms with Crippen LogP contribution in [-0.2, 0) is 19.5 Å². The average Bonchev–Trinajstić information content (AvgIpc) is 3.10. The molecule has 27 heavy (non-hydrogen) atoms. The van der Waals surface area contributed by atoms with Gasteiger partial charge in [-0.1, -0.05) is 6.07 Å². The van der Waals surface area contributed by atoms with Crippen molar-refractivity contribution in [3.8, 4) is 0 Å². The molecule has 148 valence electrons. The summed E-state index contributed by atoms with van der Waals surface area (Å²) < 4.78 is 37.8. The van der Waals surface area contributed by atoms with Gasteiger partial charge in [0.1, 0.15) is 0 Å². The van der Waals surface area contributed by atoms with Crippen LogP contribution in [0.4, 0.5) is 5.69 Å². The fourth-order valence-electron chi connectivity index (χ4n) is 4.09. The standard InChI is InChI=1S/C19H26N2O5S/c1-15-4-5-16(14-17(15)21-8-2-3-13-27(21,23)24)18(22)20-9-6-19(7-10-20)25-11-12-26-19/h4-5,14H,2-3,6-13H2,1H3. The Morgan fingerprint density at radius 1 is 1.07 bits per heavy atom. The van der Waals surface area contributed by atoms with E-state index in [4.69, 9.17) is 9.47 Å². The maximum absolute atomic E-state index is 13.0. The minimum Gasteiger partial charge on any atom is -0.347 e. The van der Waals surface area contributed by atoms with E-state index in [0.717, 1.165) is 12.0 Å². The van der Waals surface area contributed by atoms with Crippen molar-refractivity contribution in [1.82, 2.24) is 4.90 Å². The normalized spacial score (nSPS) is 24.3. The summed E-state index contributed by atoms with van der Waals surface area (Å²) >= 11 is 0. The maximum atomic E-state index is 13.0. The Balaban J connectivity index is 1.53. The molecule has 3 saturated heterocycles. The molecule has 1 aromatic carbocycles. The molecular formula is C19H26N2O5S. The summed E-state index contributed by atoms with van der Waals surface area (Å²) in [5.74, 6) is -0.422. The van der Waals surface area contributed by atoms with Crippen LogP contribution in [0.25, 0.3) is 0 Å². The first-order chi connectivity index (χ1) is 12.9. The van der Waals surface area contributed by atoms with E-state index in [2.05, 4.69) is 0 Å². The second-order valence-corrected chi connectivity index (χ2v) is 9.51. The Bertz CT molecular complexity index is 823. The topological polar surface area (TPSA) is 76.2 Å². The number of ether oxygens (including phenoxy) is 2. The molecule has 7 nitrogen and oxygen atoms in total. The van der Waals surface area contributed by atoms with Gasteiger partial charge in [-0.2, -0.15) is 0 Å². The van der Waals surface area contributed by atoms with Gasteiger partial charge in [0.2, 0.25) is 10.0 Å². The lowest BCUT2D eigenvalue weighted by molar-refractivity contribution is -0.181. The van der Waals surface area contributed by atoms with Crippen molar-refractivity contribution in [2.24, 2.45) is 0 Å². The highest BCUT2D eigenvalue weighted by Gasteiger charge is 2.41. The number of sulfonamides is 1. The number of hydrogen-bond donors (Lipinski definition) is 0. The summed E-state index contributed by atoms with van der Waals surface area (Å²) in [6, 6.07) is 5.35. The van der Waals surface area contributed by atoms with Gasteiger partial charge in [-0.3, -0.25) is 9.10 Å². The molecule has 3 heterocycles. The first kappa shape index (κ1) is 18.7. The monoisotopic (exact) mass is 394 g/mol. The molecule has 1 amide bonds. The number of likely N-dealkylation sites (tertiary alicyclic amines) is 1. The SMILES string of the molecule is Cc1ccc(C(=O)N2CCC3(CC2)OCCO3)cc1N1CCCCS1(=O)=O. The van der Waals surface area contributed by atoms with Crippen LogP contribution in [0.3, 0.4) is 0 Å². The zero-order valence-electron chi connectivity index (χ0n) is 15.6. The summed E-state index contributed by atoms with van der Waals surface area (Å²) in [6.07, 6.45) is 2.86. The predicted octanol–water partition coefficient (Wildman–Crippen LogP) is 1.90. The molecule has 1 spiro atoms. The second-order valence-electron chi connectivity index (χ2n) is 7.50. The number of aryl methyl sites for hydroxylation is 1. The highest BCUT2D eigenvalue weighted by molar-refractivity contribution is 7.92. The van der Waals surface area contributed by atoms with Gasteiger partial charge in [-0.25, -0.2) is 8.42 Å². The van der Waals surface area contributed by atoms with E-state index in [0.29, 0.717) is 63.4 Å². The molecule has 0 bridgehead atoms. The van der Waals surface area contributed by atoms with Crippen molar-refractivity contribution in [3.05, 3.63) is 29.3 Å². The van der Waals surface area contributed by atoms with E-state index in [1.165, 1.54) is 4.31 Å². The average molecular weight is 394 g/mol. The van der Waals surface area contributed by atoms with Crippen LogP contribution in [0.1, 0.15) is 41.6 Å². The number of carbonyl (C=O) groups excluding carboxylic acids is 1. The van der Waals surface area contributed by atoms with Gasteiger partial charge in [0.15, 0.2) is 5.79 Å². The number of hydrogen-bond acceptors (Lipinski definition) is 5. The number of anilines is 1. The molecule has 3 fully saturated rings. The van der Waals surface area contributed by atoms with Crippen molar-refractivity contribution in [1.29, 1.82) is 0 Å². The fraction of sp³-hybridized carbons (Fsp3) is 0.632. The number of amides is 1. The van der Waals surface area contributed by atoms with Gasteiger partial charge < -0.3 is 14.4 Å². The first-order valence-corrected chi connectivity index (χ1v) is 11.2. The van der Waals surface area contributed by atoms with Crippen LogP contribution in [-0.4, -0.2) is 63.6 Å². The van der Waals surface area contributed by atoms with Crippen molar-refractivity contribution in [2.75, 3.05) is 42.9 Å². The van der Waals surface area contributed by atoms with E-state index < -0.39 is 15.8 Å². The summed E-state index contributed by atoms with van der Waals surface area (Å²) in [4.78, 5) is 14.8. The Hall–Kier alpha value is -1.64. The molecule has 0 atom stereocenters. The van der Waals surface area contributed by atoms with E-state index in [1.807, 2.05) is 13.0 Å². The molecule has 8 heteroatoms. The van der Waals surface area contributed by atoms with Gasteiger partial charge >= 0.3 is 0 Å². The largest absolute Gasteiger partial charge is 0.347 e. The lowest BCUT2D eigenvalue weighted by Crippen LogP contribution is -2.47. The number of carbonyl (C=O) groups is 1. The third-order valence-electron chi connectivity index (χ3n) is 5.70. The highest BCUT2D eigenvalue weighted by atomic mass is 32.2. The zero-order chi connectivity index (χ0) is 19.1. The molecule has 4 rings (SSSR count). The smallest absolute Gasteiger partial charge is 0.253 e. The van der Waals surface area contributed by atoms with Crippen molar-refractivity contribution in [2.45, 2.75) is 38.4 Å². The number of nitrogens with zero attached hydrogens (tertiary/aromatic N) is 2. The van der Waals surface area contributed by atoms with E-state index in [9.17, 15) is 13.2 Å². The minimum atomic E-state index is -3.31. The zero-order valence-corrected chi connectivity index (χ0v) is 16.5. The molecule has 3 aliphatic rings. The number of piperidine rings is 1. The Kier molecular flexibility index (Phi) is 4.90. The quantitative estimate of drug-likeness (QED) is 0.766. The highest BCUT2D eigenvalue weighted by Crippen LogP contribution is 2.33. The molecule has 0 N–H and O–H groups in total.